The summed E-state index contributed by atoms with van der Waals surface area (Å²) in [5.74, 6) is -0.114. The fourth-order valence-corrected chi connectivity index (χ4v) is 4.70. The summed E-state index contributed by atoms with van der Waals surface area (Å²) in [6, 6.07) is 18.6. The third kappa shape index (κ3) is 4.14. The van der Waals surface area contributed by atoms with Gasteiger partial charge in [-0.1, -0.05) is 30.3 Å². The monoisotopic (exact) mass is 407 g/mol. The molecule has 6 nitrogen and oxygen atoms in total. The number of pyridine rings is 1. The van der Waals surface area contributed by atoms with Crippen LogP contribution in [-0.2, 0) is 10.0 Å². The number of aromatic nitrogens is 1. The Morgan fingerprint density at radius 2 is 1.86 bits per heavy atom. The molecular weight excluding hydrogens is 386 g/mol. The smallest absolute Gasteiger partial charge is 0.261 e. The Balaban J connectivity index is 1.56. The number of amides is 1. The molecule has 0 spiro atoms. The molecule has 29 heavy (non-hydrogen) atoms. The summed E-state index contributed by atoms with van der Waals surface area (Å²) in [6.07, 6.45) is 5.32. The lowest BCUT2D eigenvalue weighted by atomic mass is 10.1. The lowest BCUT2D eigenvalue weighted by molar-refractivity contribution is 0.0735. The van der Waals surface area contributed by atoms with Gasteiger partial charge in [0.1, 0.15) is 0 Å². The summed E-state index contributed by atoms with van der Waals surface area (Å²) in [5, 5.41) is 0. The summed E-state index contributed by atoms with van der Waals surface area (Å²) in [7, 11) is -3.71. The predicted octanol–water partition coefficient (Wildman–Crippen LogP) is 3.86. The molecule has 1 amide bonds. The number of nitrogens with one attached hydrogen (secondary N) is 1. The summed E-state index contributed by atoms with van der Waals surface area (Å²) >= 11 is 0. The molecule has 1 N–H and O–H groups in total. The van der Waals surface area contributed by atoms with Gasteiger partial charge in [0, 0.05) is 30.2 Å². The Kier molecular flexibility index (Phi) is 5.31. The number of hydrogen-bond donors (Lipinski definition) is 1. The summed E-state index contributed by atoms with van der Waals surface area (Å²) < 4.78 is 27.7. The van der Waals surface area contributed by atoms with E-state index in [1.54, 1.807) is 54.9 Å². The Bertz CT molecular complexity index is 1100. The van der Waals surface area contributed by atoms with Gasteiger partial charge in [-0.2, -0.15) is 0 Å². The van der Waals surface area contributed by atoms with E-state index in [1.807, 2.05) is 17.0 Å². The number of hydrogen-bond acceptors (Lipinski definition) is 4. The average molecular weight is 407 g/mol. The molecule has 1 atom stereocenters. The van der Waals surface area contributed by atoms with Crippen molar-refractivity contribution in [1.29, 1.82) is 0 Å². The number of carbonyl (C=O) groups is 1. The number of likely N-dealkylation sites (tertiary alicyclic amines) is 1. The van der Waals surface area contributed by atoms with E-state index in [0.717, 1.165) is 18.4 Å². The van der Waals surface area contributed by atoms with Crippen LogP contribution in [-0.4, -0.2) is 30.8 Å². The highest BCUT2D eigenvalue weighted by atomic mass is 32.2. The van der Waals surface area contributed by atoms with Gasteiger partial charge in [-0.3, -0.25) is 14.5 Å². The Morgan fingerprint density at radius 1 is 1.03 bits per heavy atom. The van der Waals surface area contributed by atoms with Crippen LogP contribution in [0.25, 0.3) is 0 Å². The highest BCUT2D eigenvalue weighted by Gasteiger charge is 2.30. The fourth-order valence-electron chi connectivity index (χ4n) is 3.62. The van der Waals surface area contributed by atoms with Crippen molar-refractivity contribution >= 4 is 21.6 Å². The first kappa shape index (κ1) is 19.1. The van der Waals surface area contributed by atoms with Crippen molar-refractivity contribution in [2.24, 2.45) is 0 Å². The van der Waals surface area contributed by atoms with Crippen LogP contribution >= 0.6 is 0 Å². The van der Waals surface area contributed by atoms with Crippen LogP contribution in [0.5, 0.6) is 0 Å². The zero-order valence-corrected chi connectivity index (χ0v) is 16.5. The third-order valence-electron chi connectivity index (χ3n) is 5.00. The molecule has 0 bridgehead atoms. The minimum atomic E-state index is -3.71. The first-order valence-corrected chi connectivity index (χ1v) is 10.9. The molecule has 0 radical (unpaired) electrons. The molecule has 1 saturated heterocycles. The molecule has 0 aliphatic carbocycles. The van der Waals surface area contributed by atoms with E-state index in [0.29, 0.717) is 17.8 Å². The lowest BCUT2D eigenvalue weighted by Gasteiger charge is -2.25. The zero-order chi connectivity index (χ0) is 20.3. The van der Waals surface area contributed by atoms with Crippen LogP contribution in [0.4, 0.5) is 5.69 Å². The molecule has 1 aromatic heterocycles. The van der Waals surface area contributed by atoms with E-state index in [4.69, 9.17) is 0 Å². The maximum Gasteiger partial charge on any atom is 0.261 e. The summed E-state index contributed by atoms with van der Waals surface area (Å²) in [6.45, 7) is 0.665. The molecule has 1 unspecified atom stereocenters. The normalized spacial score (nSPS) is 16.6. The van der Waals surface area contributed by atoms with Gasteiger partial charge in [-0.25, -0.2) is 8.42 Å². The molecule has 2 aromatic carbocycles. The van der Waals surface area contributed by atoms with Crippen LogP contribution in [0.2, 0.25) is 0 Å². The quantitative estimate of drug-likeness (QED) is 0.697. The van der Waals surface area contributed by atoms with Crippen LogP contribution < -0.4 is 4.72 Å². The SMILES string of the molecule is O=C(c1cccc(NS(=O)(=O)c2ccccc2)c1)N1CCCC1c1cccnc1. The molecule has 0 saturated carbocycles. The van der Waals surface area contributed by atoms with Gasteiger partial charge >= 0.3 is 0 Å². The van der Waals surface area contributed by atoms with Crippen LogP contribution in [0.1, 0.15) is 34.8 Å². The number of rotatable bonds is 5. The summed E-state index contributed by atoms with van der Waals surface area (Å²) in [4.78, 5) is 19.3. The Hall–Kier alpha value is -3.19. The maximum atomic E-state index is 13.1. The van der Waals surface area contributed by atoms with E-state index in [9.17, 15) is 13.2 Å². The molecule has 4 rings (SSSR count). The molecule has 1 fully saturated rings. The van der Waals surface area contributed by atoms with Crippen LogP contribution in [0.3, 0.4) is 0 Å². The Morgan fingerprint density at radius 3 is 2.62 bits per heavy atom. The predicted molar refractivity (Wildman–Crippen MR) is 111 cm³/mol. The molecule has 1 aliphatic heterocycles. The number of sulfonamides is 1. The fraction of sp³-hybridized carbons (Fsp3) is 0.182. The summed E-state index contributed by atoms with van der Waals surface area (Å²) in [5.41, 5.74) is 1.82. The first-order valence-electron chi connectivity index (χ1n) is 9.43. The van der Waals surface area contributed by atoms with Crippen molar-refractivity contribution in [3.05, 3.63) is 90.3 Å². The van der Waals surface area contributed by atoms with Crippen LogP contribution in [0, 0.1) is 0 Å². The standard InChI is InChI=1S/C22H21N3O3S/c26-22(25-14-6-12-21(25)18-8-5-13-23-16-18)17-7-4-9-19(15-17)24-29(27,28)20-10-2-1-3-11-20/h1-5,7-11,13,15-16,21,24H,6,12,14H2. The first-order chi connectivity index (χ1) is 14.0. The van der Waals surface area contributed by atoms with Gasteiger partial charge in [0.15, 0.2) is 0 Å². The molecule has 7 heteroatoms. The second-order valence-corrected chi connectivity index (χ2v) is 8.62. The van der Waals surface area contributed by atoms with Crippen molar-refractivity contribution in [2.45, 2.75) is 23.8 Å². The molecule has 2 heterocycles. The van der Waals surface area contributed by atoms with E-state index >= 15 is 0 Å². The largest absolute Gasteiger partial charge is 0.332 e. The molecule has 1 aliphatic rings. The van der Waals surface area contributed by atoms with Crippen molar-refractivity contribution in [2.75, 3.05) is 11.3 Å². The number of benzene rings is 2. The number of carbonyl (C=O) groups excluding carboxylic acids is 1. The topological polar surface area (TPSA) is 79.4 Å². The van der Waals surface area contributed by atoms with Crippen LogP contribution in [0.15, 0.2) is 84.0 Å². The van der Waals surface area contributed by atoms with Crippen molar-refractivity contribution < 1.29 is 13.2 Å². The number of anilines is 1. The zero-order valence-electron chi connectivity index (χ0n) is 15.7. The highest BCUT2D eigenvalue weighted by Crippen LogP contribution is 2.33. The number of nitrogens with zero attached hydrogens (tertiary/aromatic N) is 2. The molecular formula is C22H21N3O3S. The van der Waals surface area contributed by atoms with E-state index in [2.05, 4.69) is 9.71 Å². The van der Waals surface area contributed by atoms with Gasteiger partial charge in [0.2, 0.25) is 0 Å². The third-order valence-corrected chi connectivity index (χ3v) is 6.40. The second-order valence-electron chi connectivity index (χ2n) is 6.94. The average Bonchev–Trinajstić information content (AvgIpc) is 3.24. The van der Waals surface area contributed by atoms with E-state index in [-0.39, 0.29) is 16.8 Å². The molecule has 148 valence electrons. The Labute approximate surface area is 170 Å². The van der Waals surface area contributed by atoms with Gasteiger partial charge in [-0.05, 0) is 54.8 Å². The van der Waals surface area contributed by atoms with Crippen molar-refractivity contribution in [3.63, 3.8) is 0 Å². The van der Waals surface area contributed by atoms with Gasteiger partial charge < -0.3 is 4.90 Å². The minimum absolute atomic E-state index is 0.0131. The minimum Gasteiger partial charge on any atom is -0.332 e. The van der Waals surface area contributed by atoms with Gasteiger partial charge in [0.05, 0.1) is 10.9 Å². The molecule has 3 aromatic rings. The van der Waals surface area contributed by atoms with Gasteiger partial charge in [0.25, 0.3) is 15.9 Å². The van der Waals surface area contributed by atoms with Crippen molar-refractivity contribution in [3.8, 4) is 0 Å². The van der Waals surface area contributed by atoms with Gasteiger partial charge in [-0.15, -0.1) is 0 Å². The van der Waals surface area contributed by atoms with E-state index < -0.39 is 10.0 Å². The van der Waals surface area contributed by atoms with E-state index in [1.165, 1.54) is 12.1 Å². The van der Waals surface area contributed by atoms with Crippen molar-refractivity contribution in [1.82, 2.24) is 9.88 Å². The highest BCUT2D eigenvalue weighted by molar-refractivity contribution is 7.92. The second kappa shape index (κ2) is 8.05. The maximum absolute atomic E-state index is 13.1. The lowest BCUT2D eigenvalue weighted by Crippen LogP contribution is -2.30.